The van der Waals surface area contributed by atoms with Crippen LogP contribution in [0.2, 0.25) is 0 Å². The number of nitrogens with one attached hydrogen (secondary N) is 1. The molecule has 0 saturated heterocycles. The van der Waals surface area contributed by atoms with Gasteiger partial charge in [-0.15, -0.1) is 0 Å². The highest BCUT2D eigenvalue weighted by molar-refractivity contribution is 7.90. The van der Waals surface area contributed by atoms with Crippen LogP contribution in [0.15, 0.2) is 46.1 Å². The van der Waals surface area contributed by atoms with E-state index in [1.54, 1.807) is 20.8 Å². The Morgan fingerprint density at radius 1 is 1.12 bits per heavy atom. The first-order chi connectivity index (χ1) is 18.9. The van der Waals surface area contributed by atoms with Crippen molar-refractivity contribution in [2.45, 2.75) is 49.9 Å². The van der Waals surface area contributed by atoms with Gasteiger partial charge in [0.05, 0.1) is 17.1 Å². The lowest BCUT2D eigenvalue weighted by molar-refractivity contribution is -0.153. The van der Waals surface area contributed by atoms with Crippen LogP contribution in [0.4, 0.5) is 13.2 Å². The number of alkyl halides is 3. The molecular formula is C27H27F3N2O8S. The molecule has 1 unspecified atom stereocenters. The Hall–Kier alpha value is -4.07. The molecule has 14 heteroatoms. The summed E-state index contributed by atoms with van der Waals surface area (Å²) in [4.78, 5) is 38.7. The van der Waals surface area contributed by atoms with Crippen molar-refractivity contribution in [3.63, 3.8) is 0 Å². The van der Waals surface area contributed by atoms with Gasteiger partial charge in [0.25, 0.3) is 11.5 Å². The molecule has 10 nitrogen and oxygen atoms in total. The topological polar surface area (TPSA) is 141 Å². The molecule has 1 aliphatic rings. The van der Waals surface area contributed by atoms with Crippen molar-refractivity contribution in [1.82, 2.24) is 9.88 Å². The first kappa shape index (κ1) is 29.9. The van der Waals surface area contributed by atoms with E-state index in [9.17, 15) is 41.1 Å². The van der Waals surface area contributed by atoms with E-state index in [1.165, 1.54) is 24.3 Å². The standard InChI is InChI=1S/C27H27F3N2O8S/c1-26(2,3)40-19(33)12-31-24(35)20-22(34)17-9-10-18(41(4,37)38)23-21(17)32(25(20)36)16(13-39-23)11-14-5-7-15(8-6-14)27(28,29)30/h5-10,16,34H,11-13H2,1-4H3,(H,31,35). The van der Waals surface area contributed by atoms with Gasteiger partial charge >= 0.3 is 12.1 Å². The fourth-order valence-corrected chi connectivity index (χ4v) is 5.36. The largest absolute Gasteiger partial charge is 0.506 e. The van der Waals surface area contributed by atoms with Crippen LogP contribution in [0, 0.1) is 0 Å². The monoisotopic (exact) mass is 596 g/mol. The van der Waals surface area contributed by atoms with E-state index in [2.05, 4.69) is 5.32 Å². The number of amides is 1. The number of aromatic hydroxyl groups is 1. The Labute approximate surface area is 232 Å². The van der Waals surface area contributed by atoms with Crippen LogP contribution in [0.25, 0.3) is 10.9 Å². The fourth-order valence-electron chi connectivity index (χ4n) is 4.55. The number of halogens is 3. The normalized spacial score (nSPS) is 15.3. The van der Waals surface area contributed by atoms with Gasteiger partial charge in [0.15, 0.2) is 15.6 Å². The molecule has 220 valence electrons. The van der Waals surface area contributed by atoms with E-state index in [0.29, 0.717) is 5.56 Å². The molecule has 0 radical (unpaired) electrons. The van der Waals surface area contributed by atoms with E-state index in [-0.39, 0.29) is 34.6 Å². The molecule has 0 bridgehead atoms. The molecule has 2 N–H and O–H groups in total. The van der Waals surface area contributed by atoms with Gasteiger partial charge in [0, 0.05) is 11.6 Å². The number of nitrogens with zero attached hydrogens (tertiary/aromatic N) is 1. The number of pyridine rings is 1. The summed E-state index contributed by atoms with van der Waals surface area (Å²) >= 11 is 0. The maximum absolute atomic E-state index is 13.8. The van der Waals surface area contributed by atoms with Gasteiger partial charge in [-0.2, -0.15) is 13.2 Å². The van der Waals surface area contributed by atoms with Crippen molar-refractivity contribution >= 4 is 32.6 Å². The Morgan fingerprint density at radius 2 is 1.76 bits per heavy atom. The summed E-state index contributed by atoms with van der Waals surface area (Å²) in [6, 6.07) is 5.74. The summed E-state index contributed by atoms with van der Waals surface area (Å²) in [6.45, 7) is 4.00. The van der Waals surface area contributed by atoms with Crippen LogP contribution < -0.4 is 15.6 Å². The lowest BCUT2D eigenvalue weighted by Crippen LogP contribution is -2.40. The van der Waals surface area contributed by atoms with Crippen molar-refractivity contribution in [3.05, 3.63) is 63.4 Å². The molecule has 1 aliphatic heterocycles. The molecule has 0 saturated carbocycles. The summed E-state index contributed by atoms with van der Waals surface area (Å²) in [7, 11) is -3.86. The van der Waals surface area contributed by atoms with E-state index in [0.717, 1.165) is 23.0 Å². The Balaban J connectivity index is 1.83. The van der Waals surface area contributed by atoms with Crippen molar-refractivity contribution in [1.29, 1.82) is 0 Å². The predicted octanol–water partition coefficient (Wildman–Crippen LogP) is 3.38. The van der Waals surface area contributed by atoms with Gasteiger partial charge in [-0.25, -0.2) is 8.42 Å². The number of benzene rings is 2. The Kier molecular flexibility index (Phi) is 7.58. The van der Waals surface area contributed by atoms with Gasteiger partial charge in [0.1, 0.15) is 35.0 Å². The molecular weight excluding hydrogens is 569 g/mol. The average Bonchev–Trinajstić information content (AvgIpc) is 2.84. The predicted molar refractivity (Wildman–Crippen MR) is 141 cm³/mol. The SMILES string of the molecule is CC(C)(C)OC(=O)CNC(=O)c1c(O)c2ccc(S(C)(=O)=O)c3c2n(c1=O)C(Cc1ccc(C(F)(F)F)cc1)CO3. The van der Waals surface area contributed by atoms with Crippen LogP contribution in [0.1, 0.15) is 48.3 Å². The molecule has 1 atom stereocenters. The zero-order valence-electron chi connectivity index (χ0n) is 22.5. The summed E-state index contributed by atoms with van der Waals surface area (Å²) in [5, 5.41) is 13.2. The first-order valence-electron chi connectivity index (χ1n) is 12.3. The zero-order valence-corrected chi connectivity index (χ0v) is 23.3. The third-order valence-electron chi connectivity index (χ3n) is 6.24. The Morgan fingerprint density at radius 3 is 2.32 bits per heavy atom. The highest BCUT2D eigenvalue weighted by Gasteiger charge is 2.34. The zero-order chi connectivity index (χ0) is 30.5. The van der Waals surface area contributed by atoms with Crippen LogP contribution in [0.5, 0.6) is 11.5 Å². The number of hydrogen-bond acceptors (Lipinski definition) is 8. The summed E-state index contributed by atoms with van der Waals surface area (Å²) in [6.07, 6.45) is -3.64. The molecule has 3 aromatic rings. The second-order valence-electron chi connectivity index (χ2n) is 10.6. The van der Waals surface area contributed by atoms with Crippen molar-refractivity contribution in [2.75, 3.05) is 19.4 Å². The maximum Gasteiger partial charge on any atom is 0.416 e. The van der Waals surface area contributed by atoms with Crippen LogP contribution in [-0.2, 0) is 32.0 Å². The van der Waals surface area contributed by atoms with Crippen molar-refractivity contribution < 1.29 is 45.8 Å². The number of rotatable bonds is 6. The molecule has 0 aliphatic carbocycles. The third-order valence-corrected chi connectivity index (χ3v) is 7.36. The van der Waals surface area contributed by atoms with Gasteiger partial charge in [0.2, 0.25) is 0 Å². The third kappa shape index (κ3) is 6.16. The van der Waals surface area contributed by atoms with Crippen molar-refractivity contribution in [2.24, 2.45) is 0 Å². The average molecular weight is 597 g/mol. The number of carbonyl (C=O) groups is 2. The molecule has 41 heavy (non-hydrogen) atoms. The minimum atomic E-state index is -4.55. The minimum Gasteiger partial charge on any atom is -0.506 e. The van der Waals surface area contributed by atoms with E-state index in [1.807, 2.05) is 0 Å². The quantitative estimate of drug-likeness (QED) is 0.413. The second-order valence-corrected chi connectivity index (χ2v) is 12.6. The number of aromatic nitrogens is 1. The highest BCUT2D eigenvalue weighted by Crippen LogP contribution is 2.41. The number of ether oxygens (including phenoxy) is 2. The van der Waals surface area contributed by atoms with Crippen molar-refractivity contribution in [3.8, 4) is 11.5 Å². The number of carbonyl (C=O) groups excluding carboxylic acids is 2. The number of esters is 1. The lowest BCUT2D eigenvalue weighted by atomic mass is 10.0. The summed E-state index contributed by atoms with van der Waals surface area (Å²) in [5.41, 5.74) is -3.11. The number of hydrogen-bond donors (Lipinski definition) is 2. The van der Waals surface area contributed by atoms with Crippen LogP contribution in [-0.4, -0.2) is 55.0 Å². The molecule has 1 aromatic heterocycles. The lowest BCUT2D eigenvalue weighted by Gasteiger charge is -2.30. The molecule has 0 fully saturated rings. The smallest absolute Gasteiger partial charge is 0.416 e. The Bertz CT molecular complexity index is 1710. The van der Waals surface area contributed by atoms with Gasteiger partial charge < -0.3 is 19.9 Å². The first-order valence-corrected chi connectivity index (χ1v) is 14.2. The van der Waals surface area contributed by atoms with E-state index >= 15 is 0 Å². The number of sulfone groups is 1. The minimum absolute atomic E-state index is 0.0283. The maximum atomic E-state index is 13.8. The van der Waals surface area contributed by atoms with E-state index in [4.69, 9.17) is 9.47 Å². The molecule has 2 aromatic carbocycles. The molecule has 0 spiro atoms. The van der Waals surface area contributed by atoms with Crippen LogP contribution >= 0.6 is 0 Å². The fraction of sp³-hybridized carbons (Fsp3) is 0.370. The molecule has 1 amide bonds. The van der Waals surface area contributed by atoms with Gasteiger partial charge in [-0.05, 0) is 57.0 Å². The highest BCUT2D eigenvalue weighted by atomic mass is 32.2. The molecule has 2 heterocycles. The second kappa shape index (κ2) is 10.4. The molecule has 4 rings (SSSR count). The van der Waals surface area contributed by atoms with Gasteiger partial charge in [-0.3, -0.25) is 19.0 Å². The van der Waals surface area contributed by atoms with Gasteiger partial charge in [-0.1, -0.05) is 12.1 Å². The summed E-state index contributed by atoms with van der Waals surface area (Å²) < 4.78 is 76.0. The summed E-state index contributed by atoms with van der Waals surface area (Å²) in [5.74, 6) is -2.84. The van der Waals surface area contributed by atoms with E-state index < -0.39 is 68.5 Å². The van der Waals surface area contributed by atoms with Crippen LogP contribution in [0.3, 0.4) is 0 Å².